The molecule has 1 aromatic heterocycles. The smallest absolute Gasteiger partial charge is 0.416 e. The molecule has 11 nitrogen and oxygen atoms in total. The quantitative estimate of drug-likeness (QED) is 0.140. The highest BCUT2D eigenvalue weighted by atomic mass is 16.6. The number of esters is 1. The van der Waals surface area contributed by atoms with Gasteiger partial charge in [-0.1, -0.05) is 60.7 Å². The van der Waals surface area contributed by atoms with Gasteiger partial charge in [0.1, 0.15) is 23.8 Å². The van der Waals surface area contributed by atoms with Gasteiger partial charge in [-0.15, -0.1) is 0 Å². The number of para-hydroxylation sites is 1. The summed E-state index contributed by atoms with van der Waals surface area (Å²) in [6, 6.07) is 25.9. The van der Waals surface area contributed by atoms with Gasteiger partial charge >= 0.3 is 18.1 Å². The zero-order valence-electron chi connectivity index (χ0n) is 29.3. The van der Waals surface area contributed by atoms with Crippen molar-refractivity contribution in [2.24, 2.45) is 5.92 Å². The van der Waals surface area contributed by atoms with Crippen LogP contribution in [0.1, 0.15) is 49.4 Å². The van der Waals surface area contributed by atoms with Crippen molar-refractivity contribution in [3.8, 4) is 5.75 Å². The maximum Gasteiger partial charge on any atom is 0.416 e. The van der Waals surface area contributed by atoms with E-state index in [-0.39, 0.29) is 19.6 Å². The van der Waals surface area contributed by atoms with Crippen molar-refractivity contribution in [2.75, 3.05) is 23.5 Å². The Balaban J connectivity index is 1.27. The van der Waals surface area contributed by atoms with Crippen LogP contribution in [0.2, 0.25) is 0 Å². The summed E-state index contributed by atoms with van der Waals surface area (Å²) in [6.45, 7) is 5.95. The number of carbonyl (C=O) groups is 4. The molecule has 2 aliphatic heterocycles. The minimum atomic E-state index is -1.14. The summed E-state index contributed by atoms with van der Waals surface area (Å²) < 4.78 is 16.7. The molecule has 1 fully saturated rings. The maximum absolute atomic E-state index is 14.0. The fourth-order valence-electron chi connectivity index (χ4n) is 6.37. The summed E-state index contributed by atoms with van der Waals surface area (Å²) in [5.74, 6) is -1.01. The number of imide groups is 1. The lowest BCUT2D eigenvalue weighted by Gasteiger charge is -2.46. The molecule has 1 saturated heterocycles. The molecule has 6 rings (SSSR count). The van der Waals surface area contributed by atoms with E-state index < -0.39 is 41.6 Å². The van der Waals surface area contributed by atoms with Crippen molar-refractivity contribution < 1.29 is 33.4 Å². The number of methoxy groups -OCH3 is 1. The van der Waals surface area contributed by atoms with E-state index in [1.807, 2.05) is 66.7 Å². The fourth-order valence-corrected chi connectivity index (χ4v) is 6.37. The van der Waals surface area contributed by atoms with E-state index in [4.69, 9.17) is 14.2 Å². The Morgan fingerprint density at radius 3 is 2.35 bits per heavy atom. The van der Waals surface area contributed by atoms with E-state index in [1.165, 1.54) is 4.90 Å². The summed E-state index contributed by atoms with van der Waals surface area (Å²) in [5.41, 5.74) is 3.24. The zero-order valence-corrected chi connectivity index (χ0v) is 29.3. The van der Waals surface area contributed by atoms with Gasteiger partial charge in [-0.05, 0) is 92.6 Å². The van der Waals surface area contributed by atoms with Crippen molar-refractivity contribution in [3.63, 3.8) is 0 Å². The molecular formula is C40H42N4O7. The Kier molecular flexibility index (Phi) is 10.4. The minimum Gasteiger partial charge on any atom is -0.497 e. The van der Waals surface area contributed by atoms with Gasteiger partial charge in [-0.2, -0.15) is 0 Å². The van der Waals surface area contributed by atoms with Crippen LogP contribution in [-0.2, 0) is 45.1 Å². The number of likely N-dealkylation sites (tertiary alicyclic amines) is 1. The normalized spacial score (nSPS) is 16.8. The lowest BCUT2D eigenvalue weighted by molar-refractivity contribution is -0.170. The molecule has 0 aliphatic carbocycles. The first-order valence-electron chi connectivity index (χ1n) is 17.0. The number of pyridine rings is 1. The number of benzene rings is 3. The first-order chi connectivity index (χ1) is 24.5. The van der Waals surface area contributed by atoms with Crippen LogP contribution in [0.5, 0.6) is 5.75 Å². The molecule has 51 heavy (non-hydrogen) atoms. The zero-order chi connectivity index (χ0) is 36.1. The third kappa shape index (κ3) is 8.03. The number of carbonyl (C=O) groups excluding carboxylic acids is 4. The molecular weight excluding hydrogens is 648 g/mol. The van der Waals surface area contributed by atoms with Crippen molar-refractivity contribution in [1.82, 2.24) is 9.88 Å². The van der Waals surface area contributed by atoms with E-state index in [0.717, 1.165) is 40.1 Å². The predicted octanol–water partition coefficient (Wildman–Crippen LogP) is 6.72. The SMILES string of the molecule is COc1ccc(CN(C(=O)OC(C)(C)C)c2cc(C[C@H]3C(=O)N(C(=O)N4CCCc5ccccc54)[C@@H]3C(=O)OCc3ccccc3)ccn2)cc1. The molecule has 4 aromatic rings. The number of β-lactam (4-membered cyclic amide) rings is 1. The molecule has 3 heterocycles. The van der Waals surface area contributed by atoms with Gasteiger partial charge in [0.15, 0.2) is 6.04 Å². The van der Waals surface area contributed by atoms with Gasteiger partial charge < -0.3 is 14.2 Å². The standard InChI is InChI=1S/C40H42N4O7/c1-40(2,3)51-39(48)43(25-27-16-18-31(49-4)19-17-27)34-24-29(20-21-41-34)23-32-35(37(46)50-26-28-11-6-5-7-12-28)44(36(32)45)38(47)42-22-10-14-30-13-8-9-15-33(30)42/h5-9,11-13,15-21,24,32,35H,10,14,22-23,25-26H2,1-4H3/t32-,35+/m1/s1. The number of rotatable bonds is 9. The molecule has 0 saturated carbocycles. The second-order valence-electron chi connectivity index (χ2n) is 13.7. The maximum atomic E-state index is 14.0. The number of aromatic nitrogens is 1. The largest absolute Gasteiger partial charge is 0.497 e. The third-order valence-corrected chi connectivity index (χ3v) is 8.88. The van der Waals surface area contributed by atoms with E-state index in [2.05, 4.69) is 4.98 Å². The van der Waals surface area contributed by atoms with Crippen LogP contribution in [0.3, 0.4) is 0 Å². The van der Waals surface area contributed by atoms with Gasteiger partial charge in [-0.3, -0.25) is 14.6 Å². The molecule has 4 amide bonds. The van der Waals surface area contributed by atoms with Gasteiger partial charge in [-0.25, -0.2) is 24.3 Å². The first kappa shape index (κ1) is 35.1. The first-order valence-corrected chi connectivity index (χ1v) is 17.0. The number of urea groups is 1. The number of nitrogens with zero attached hydrogens (tertiary/aromatic N) is 4. The fraction of sp³-hybridized carbons (Fsp3) is 0.325. The highest BCUT2D eigenvalue weighted by molar-refractivity contribution is 6.12. The number of aryl methyl sites for hydroxylation is 1. The van der Waals surface area contributed by atoms with E-state index in [0.29, 0.717) is 23.7 Å². The molecule has 0 radical (unpaired) electrons. The Hall–Kier alpha value is -5.71. The summed E-state index contributed by atoms with van der Waals surface area (Å²) in [6.07, 6.45) is 2.63. The number of fused-ring (bicyclic) bond motifs is 1. The van der Waals surface area contributed by atoms with Crippen LogP contribution in [0.25, 0.3) is 0 Å². The van der Waals surface area contributed by atoms with Gasteiger partial charge in [0, 0.05) is 18.4 Å². The number of hydrogen-bond acceptors (Lipinski definition) is 8. The summed E-state index contributed by atoms with van der Waals surface area (Å²) in [5, 5.41) is 0. The number of hydrogen-bond donors (Lipinski definition) is 0. The molecule has 0 spiro atoms. The molecule has 264 valence electrons. The van der Waals surface area contributed by atoms with Gasteiger partial charge in [0.2, 0.25) is 5.91 Å². The molecule has 0 N–H and O–H groups in total. The lowest BCUT2D eigenvalue weighted by Crippen LogP contribution is -2.69. The van der Waals surface area contributed by atoms with Crippen LogP contribution in [0.15, 0.2) is 97.2 Å². The second-order valence-corrected chi connectivity index (χ2v) is 13.7. The average Bonchev–Trinajstić information content (AvgIpc) is 3.13. The van der Waals surface area contributed by atoms with E-state index >= 15 is 0 Å². The monoisotopic (exact) mass is 690 g/mol. The average molecular weight is 691 g/mol. The number of anilines is 2. The van der Waals surface area contributed by atoms with Crippen molar-refractivity contribution in [1.29, 1.82) is 0 Å². The Labute approximate surface area is 297 Å². The van der Waals surface area contributed by atoms with Crippen LogP contribution >= 0.6 is 0 Å². The third-order valence-electron chi connectivity index (χ3n) is 8.88. The topological polar surface area (TPSA) is 119 Å². The van der Waals surface area contributed by atoms with Crippen molar-refractivity contribution in [3.05, 3.63) is 119 Å². The molecule has 0 bridgehead atoms. The predicted molar refractivity (Wildman–Crippen MR) is 191 cm³/mol. The van der Waals surface area contributed by atoms with Crippen molar-refractivity contribution >= 4 is 35.5 Å². The van der Waals surface area contributed by atoms with E-state index in [9.17, 15) is 19.2 Å². The number of ether oxygens (including phenoxy) is 3. The second kappa shape index (κ2) is 15.0. The van der Waals surface area contributed by atoms with Gasteiger partial charge in [0.05, 0.1) is 19.6 Å². The highest BCUT2D eigenvalue weighted by Crippen LogP contribution is 2.36. The van der Waals surface area contributed by atoms with Crippen LogP contribution < -0.4 is 14.5 Å². The highest BCUT2D eigenvalue weighted by Gasteiger charge is 2.56. The number of amides is 4. The Bertz CT molecular complexity index is 1890. The molecule has 2 atom stereocenters. The summed E-state index contributed by atoms with van der Waals surface area (Å²) >= 11 is 0. The van der Waals surface area contributed by atoms with Crippen molar-refractivity contribution in [2.45, 2.75) is 64.8 Å². The van der Waals surface area contributed by atoms with Crippen LogP contribution in [-0.4, -0.2) is 59.2 Å². The van der Waals surface area contributed by atoms with Crippen LogP contribution in [0.4, 0.5) is 21.1 Å². The Morgan fingerprint density at radius 2 is 1.63 bits per heavy atom. The molecule has 11 heteroatoms. The molecule has 0 unspecified atom stereocenters. The molecule has 2 aliphatic rings. The minimum absolute atomic E-state index is 0.00127. The summed E-state index contributed by atoms with van der Waals surface area (Å²) in [4.78, 5) is 63.7. The Morgan fingerprint density at radius 1 is 0.902 bits per heavy atom. The van der Waals surface area contributed by atoms with Crippen LogP contribution in [0, 0.1) is 5.92 Å². The summed E-state index contributed by atoms with van der Waals surface area (Å²) in [7, 11) is 1.58. The lowest BCUT2D eigenvalue weighted by atomic mass is 9.82. The van der Waals surface area contributed by atoms with E-state index in [1.54, 1.807) is 63.2 Å². The molecule has 3 aromatic carbocycles. The van der Waals surface area contributed by atoms with Gasteiger partial charge in [0.25, 0.3) is 0 Å².